The normalized spacial score (nSPS) is 27.8. The topological polar surface area (TPSA) is 0 Å². The number of rotatable bonds is 0. The van der Waals surface area contributed by atoms with Crippen molar-refractivity contribution in [3.63, 3.8) is 0 Å². The molecule has 0 aromatic carbocycles. The van der Waals surface area contributed by atoms with E-state index in [-0.39, 0.29) is 0 Å². The molecule has 0 N–H and O–H groups in total. The van der Waals surface area contributed by atoms with E-state index in [1.54, 1.807) is 0 Å². The van der Waals surface area contributed by atoms with Crippen LogP contribution in [0.15, 0.2) is 0 Å². The Morgan fingerprint density at radius 2 is 1.62 bits per heavy atom. The van der Waals surface area contributed by atoms with Gasteiger partial charge in [-0.3, -0.25) is 0 Å². The lowest BCUT2D eigenvalue weighted by molar-refractivity contribution is 1.13. The maximum Gasteiger partial charge on any atom is 0.170 e. The third kappa shape index (κ3) is 2.03. The van der Waals surface area contributed by atoms with Crippen LogP contribution in [-0.2, 0) is 0 Å². The molecule has 1 aliphatic rings. The van der Waals surface area contributed by atoms with Gasteiger partial charge in [0.15, 0.2) is 6.37 Å². The molecule has 0 bridgehead atoms. The van der Waals surface area contributed by atoms with Gasteiger partial charge in [0.1, 0.15) is 0 Å². The van der Waals surface area contributed by atoms with Gasteiger partial charge in [0.25, 0.3) is 0 Å². The van der Waals surface area contributed by atoms with E-state index in [0.29, 0.717) is 0 Å². The van der Waals surface area contributed by atoms with Crippen molar-refractivity contribution in [1.82, 2.24) is 0 Å². The highest BCUT2D eigenvalue weighted by Gasteiger charge is 2.24. The van der Waals surface area contributed by atoms with E-state index < -0.39 is 6.37 Å². The Labute approximate surface area is 60.1 Å². The van der Waals surface area contributed by atoms with Crippen molar-refractivity contribution in [2.75, 3.05) is 11.5 Å². The van der Waals surface area contributed by atoms with E-state index in [4.69, 9.17) is 0 Å². The van der Waals surface area contributed by atoms with Crippen molar-refractivity contribution >= 4 is 28.8 Å². The van der Waals surface area contributed by atoms with Crippen LogP contribution in [0.2, 0.25) is 13.1 Å². The zero-order chi connectivity index (χ0) is 6.04. The Balaban J connectivity index is 2.33. The average molecular weight is 164 g/mol. The molecule has 3 heteroatoms. The van der Waals surface area contributed by atoms with E-state index in [0.717, 1.165) is 0 Å². The largest absolute Gasteiger partial charge is 0.173 e. The molecule has 1 rings (SSSR count). The van der Waals surface area contributed by atoms with Gasteiger partial charge in [-0.15, -0.1) is 0 Å². The van der Waals surface area contributed by atoms with Crippen molar-refractivity contribution in [3.8, 4) is 0 Å². The van der Waals surface area contributed by atoms with Crippen LogP contribution in [0.5, 0.6) is 0 Å². The molecule has 0 amide bonds. The van der Waals surface area contributed by atoms with Crippen molar-refractivity contribution in [3.05, 3.63) is 0 Å². The SMILES string of the molecule is C[Si]1(C)SCCCS1. The monoisotopic (exact) mass is 164 g/mol. The summed E-state index contributed by atoms with van der Waals surface area (Å²) in [6.45, 7) is 4.89. The van der Waals surface area contributed by atoms with Crippen molar-refractivity contribution < 1.29 is 0 Å². The molecule has 1 saturated heterocycles. The van der Waals surface area contributed by atoms with E-state index in [2.05, 4.69) is 35.5 Å². The molecule has 0 aliphatic carbocycles. The van der Waals surface area contributed by atoms with Crippen molar-refractivity contribution in [2.45, 2.75) is 19.5 Å². The molecule has 0 unspecified atom stereocenters. The maximum absolute atomic E-state index is 2.45. The summed E-state index contributed by atoms with van der Waals surface area (Å²) in [6, 6.07) is 0. The van der Waals surface area contributed by atoms with Crippen LogP contribution >= 0.6 is 22.4 Å². The molecule has 8 heavy (non-hydrogen) atoms. The summed E-state index contributed by atoms with van der Waals surface area (Å²) in [6.07, 6.45) is 0.679. The second-order valence-electron chi connectivity index (χ2n) is 2.45. The first-order valence-electron chi connectivity index (χ1n) is 2.99. The quantitative estimate of drug-likeness (QED) is 0.505. The second-order valence-corrected chi connectivity index (χ2v) is 15.3. The molecule has 1 fully saturated rings. The first kappa shape index (κ1) is 7.03. The lowest BCUT2D eigenvalue weighted by Gasteiger charge is -2.25. The van der Waals surface area contributed by atoms with Gasteiger partial charge in [0.2, 0.25) is 0 Å². The molecule has 0 radical (unpaired) electrons. The second kappa shape index (κ2) is 2.67. The van der Waals surface area contributed by atoms with Crippen LogP contribution in [0.3, 0.4) is 0 Å². The van der Waals surface area contributed by atoms with Crippen LogP contribution < -0.4 is 0 Å². The fraction of sp³-hybridized carbons (Fsp3) is 1.00. The summed E-state index contributed by atoms with van der Waals surface area (Å²) in [7, 11) is 0. The van der Waals surface area contributed by atoms with Gasteiger partial charge in [0.05, 0.1) is 0 Å². The Morgan fingerprint density at radius 3 is 1.88 bits per heavy atom. The highest BCUT2D eigenvalue weighted by atomic mass is 32.6. The highest BCUT2D eigenvalue weighted by Crippen LogP contribution is 2.36. The minimum Gasteiger partial charge on any atom is -0.173 e. The van der Waals surface area contributed by atoms with Crippen molar-refractivity contribution in [2.24, 2.45) is 0 Å². The fourth-order valence-corrected chi connectivity index (χ4v) is 8.88. The zero-order valence-corrected chi connectivity index (χ0v) is 8.07. The molecule has 0 aromatic heterocycles. The van der Waals surface area contributed by atoms with Gasteiger partial charge in [-0.05, 0) is 17.9 Å². The first-order valence-corrected chi connectivity index (χ1v) is 9.41. The summed E-state index contributed by atoms with van der Waals surface area (Å²) in [5.41, 5.74) is 0. The minimum atomic E-state index is -0.757. The van der Waals surface area contributed by atoms with Crippen LogP contribution in [-0.4, -0.2) is 17.9 Å². The molecule has 0 atom stereocenters. The van der Waals surface area contributed by atoms with Crippen LogP contribution in [0.25, 0.3) is 0 Å². The summed E-state index contributed by atoms with van der Waals surface area (Å²) in [5, 5.41) is 0. The van der Waals surface area contributed by atoms with Gasteiger partial charge in [-0.2, -0.15) is 22.4 Å². The summed E-state index contributed by atoms with van der Waals surface area (Å²) in [4.78, 5) is 0. The molecular formula is C5H12S2Si. The van der Waals surface area contributed by atoms with Gasteiger partial charge >= 0.3 is 0 Å². The predicted molar refractivity (Wildman–Crippen MR) is 47.0 cm³/mol. The molecule has 0 spiro atoms. The smallest absolute Gasteiger partial charge is 0.170 e. The molecule has 1 heterocycles. The van der Waals surface area contributed by atoms with Crippen molar-refractivity contribution in [1.29, 1.82) is 0 Å². The first-order chi connectivity index (χ1) is 3.71. The van der Waals surface area contributed by atoms with Crippen LogP contribution in [0.1, 0.15) is 6.42 Å². The standard InChI is InChI=1S/C5H12S2Si/c1-8(2)6-4-3-5-7-8/h3-5H2,1-2H3. The predicted octanol–water partition coefficient (Wildman–Crippen LogP) is 2.56. The van der Waals surface area contributed by atoms with Gasteiger partial charge in [-0.25, -0.2) is 0 Å². The molecule has 1 aliphatic heterocycles. The Morgan fingerprint density at radius 1 is 1.12 bits per heavy atom. The Kier molecular flexibility index (Phi) is 2.34. The average Bonchev–Trinajstić information content (AvgIpc) is 1.65. The molecule has 0 nitrogen and oxygen atoms in total. The van der Waals surface area contributed by atoms with Gasteiger partial charge < -0.3 is 0 Å². The van der Waals surface area contributed by atoms with E-state index in [1.807, 2.05) is 0 Å². The van der Waals surface area contributed by atoms with E-state index in [1.165, 1.54) is 17.9 Å². The van der Waals surface area contributed by atoms with Crippen LogP contribution in [0.4, 0.5) is 0 Å². The Bertz CT molecular complexity index is 74.5. The lowest BCUT2D eigenvalue weighted by Crippen LogP contribution is -2.21. The third-order valence-corrected chi connectivity index (χ3v) is 11.1. The van der Waals surface area contributed by atoms with E-state index in [9.17, 15) is 0 Å². The maximum atomic E-state index is 2.45. The lowest BCUT2D eigenvalue weighted by atomic mass is 10.6. The summed E-state index contributed by atoms with van der Waals surface area (Å²) < 4.78 is 0. The zero-order valence-electron chi connectivity index (χ0n) is 5.44. The third-order valence-electron chi connectivity index (χ3n) is 1.19. The summed E-state index contributed by atoms with van der Waals surface area (Å²) in [5.74, 6) is 2.85. The number of hydrogen-bond donors (Lipinski definition) is 0. The molecule has 48 valence electrons. The molecule has 0 aromatic rings. The van der Waals surface area contributed by atoms with Gasteiger partial charge in [-0.1, -0.05) is 13.1 Å². The molecular weight excluding hydrogens is 152 g/mol. The fourth-order valence-electron chi connectivity index (χ4n) is 0.737. The summed E-state index contributed by atoms with van der Waals surface area (Å²) >= 11 is 4.44. The minimum absolute atomic E-state index is 0.757. The van der Waals surface area contributed by atoms with E-state index >= 15 is 0 Å². The Hall–Kier alpha value is 0.917. The molecule has 0 saturated carbocycles. The van der Waals surface area contributed by atoms with Crippen LogP contribution in [0, 0.1) is 0 Å². The highest BCUT2D eigenvalue weighted by molar-refractivity contribution is 8.58. The number of hydrogen-bond acceptors (Lipinski definition) is 2. The van der Waals surface area contributed by atoms with Gasteiger partial charge in [0, 0.05) is 0 Å².